The first kappa shape index (κ1) is 48.9. The van der Waals surface area contributed by atoms with E-state index in [4.69, 9.17) is 59.0 Å². The highest BCUT2D eigenvalue weighted by molar-refractivity contribution is 6.17. The monoisotopic (exact) mass is 729 g/mol. The summed E-state index contributed by atoms with van der Waals surface area (Å²) in [6, 6.07) is 0. The van der Waals surface area contributed by atoms with Gasteiger partial charge in [-0.1, -0.05) is 103 Å². The first-order chi connectivity index (χ1) is 24.4. The van der Waals surface area contributed by atoms with E-state index in [1.54, 1.807) is 0 Å². The molecule has 0 heterocycles. The van der Waals surface area contributed by atoms with Gasteiger partial charge >= 0.3 is 0 Å². The molecule has 296 valence electrons. The van der Waals surface area contributed by atoms with Gasteiger partial charge in [-0.15, -0.1) is 11.6 Å². The van der Waals surface area contributed by atoms with Crippen LogP contribution in [0, 0.1) is 0 Å². The van der Waals surface area contributed by atoms with Crippen molar-refractivity contribution in [1.82, 2.24) is 0 Å². The molecule has 0 radical (unpaired) electrons. The lowest BCUT2D eigenvalue weighted by molar-refractivity contribution is -0.0263. The number of unbranched alkanes of at least 4 members (excludes halogenated alkanes) is 15. The number of hydrogen-bond acceptors (Lipinski definition) is 10. The predicted octanol–water partition coefficient (Wildman–Crippen LogP) is 7.65. The highest BCUT2D eigenvalue weighted by atomic mass is 35.5. The van der Waals surface area contributed by atoms with E-state index in [2.05, 4.69) is 6.92 Å². The Balaban J connectivity index is 3.04. The van der Waals surface area contributed by atoms with Crippen LogP contribution in [-0.4, -0.2) is 138 Å². The van der Waals surface area contributed by atoms with Gasteiger partial charge in [0.2, 0.25) is 0 Å². The van der Waals surface area contributed by atoms with Crippen LogP contribution in [0.1, 0.15) is 110 Å². The van der Waals surface area contributed by atoms with Crippen molar-refractivity contribution >= 4 is 11.6 Å². The van der Waals surface area contributed by atoms with Crippen molar-refractivity contribution in [2.75, 3.05) is 138 Å². The van der Waals surface area contributed by atoms with E-state index in [9.17, 15) is 0 Å². The van der Waals surface area contributed by atoms with Crippen molar-refractivity contribution in [2.24, 2.45) is 0 Å². The molecule has 0 fully saturated rings. The van der Waals surface area contributed by atoms with Gasteiger partial charge in [-0.2, -0.15) is 0 Å². The lowest BCUT2D eigenvalue weighted by atomic mass is 10.0. The van der Waals surface area contributed by atoms with Gasteiger partial charge in [0, 0.05) is 12.5 Å². The smallest absolute Gasteiger partial charge is 0.0701 e. The highest BCUT2D eigenvalue weighted by Crippen LogP contribution is 2.13. The maximum atomic E-state index is 5.69. The normalized spacial score (nSPS) is 11.6. The molecule has 0 N–H and O–H groups in total. The topological polar surface area (TPSA) is 92.3 Å². The van der Waals surface area contributed by atoms with Crippen molar-refractivity contribution in [2.45, 2.75) is 110 Å². The summed E-state index contributed by atoms with van der Waals surface area (Å²) in [7, 11) is 0. The fraction of sp³-hybridized carbons (Fsp3) is 1.00. The minimum absolute atomic E-state index is 0.503. The maximum Gasteiger partial charge on any atom is 0.0701 e. The number of halogens is 1. The Bertz CT molecular complexity index is 519. The zero-order valence-electron chi connectivity index (χ0n) is 31.6. The van der Waals surface area contributed by atoms with Gasteiger partial charge in [0.1, 0.15) is 0 Å². The van der Waals surface area contributed by atoms with Crippen molar-refractivity contribution < 1.29 is 47.4 Å². The summed E-state index contributed by atoms with van der Waals surface area (Å²) in [4.78, 5) is 0. The zero-order chi connectivity index (χ0) is 35.2. The SMILES string of the molecule is CCCCCCCCCCCCCCCCCCOCCOCCOCCOCCOCCOCCOCCOCCOCCOCCCl. The second kappa shape index (κ2) is 47.9. The van der Waals surface area contributed by atoms with Crippen LogP contribution in [0.5, 0.6) is 0 Å². The largest absolute Gasteiger partial charge is 0.379 e. The molecule has 0 amide bonds. The predicted molar refractivity (Wildman–Crippen MR) is 198 cm³/mol. The summed E-state index contributed by atoms with van der Waals surface area (Å²) < 4.78 is 54.8. The van der Waals surface area contributed by atoms with E-state index >= 15 is 0 Å². The van der Waals surface area contributed by atoms with E-state index in [1.807, 2.05) is 0 Å². The fourth-order valence-corrected chi connectivity index (χ4v) is 5.00. The van der Waals surface area contributed by atoms with Crippen LogP contribution in [0.4, 0.5) is 0 Å². The molecule has 11 heteroatoms. The molecule has 0 aliphatic carbocycles. The van der Waals surface area contributed by atoms with Crippen LogP contribution in [0.3, 0.4) is 0 Å². The standard InChI is InChI=1S/C38H77ClO10/c1-2-3-4-5-6-7-8-9-10-11-12-13-14-15-16-17-19-40-21-23-42-25-27-44-29-31-46-33-35-48-37-38-49-36-34-47-32-30-45-28-26-43-24-22-41-20-18-39/h2-38H2,1H3. The third kappa shape index (κ3) is 47.9. The first-order valence-corrected chi connectivity index (χ1v) is 20.3. The van der Waals surface area contributed by atoms with Crippen LogP contribution in [0.2, 0.25) is 0 Å². The molecule has 0 spiro atoms. The molecule has 0 bridgehead atoms. The Kier molecular flexibility index (Phi) is 47.8. The van der Waals surface area contributed by atoms with Crippen LogP contribution >= 0.6 is 11.6 Å². The molecular formula is C38H77ClO10. The molecule has 0 saturated heterocycles. The lowest BCUT2D eigenvalue weighted by Gasteiger charge is -2.09. The average molecular weight is 729 g/mol. The number of hydrogen-bond donors (Lipinski definition) is 0. The minimum Gasteiger partial charge on any atom is -0.379 e. The summed E-state index contributed by atoms with van der Waals surface area (Å²) in [5.74, 6) is 0.503. The van der Waals surface area contributed by atoms with Gasteiger partial charge in [-0.25, -0.2) is 0 Å². The Morgan fingerprint density at radius 1 is 0.224 bits per heavy atom. The number of alkyl halides is 1. The third-order valence-corrected chi connectivity index (χ3v) is 7.87. The summed E-state index contributed by atoms with van der Waals surface area (Å²) in [5.41, 5.74) is 0. The van der Waals surface area contributed by atoms with E-state index in [1.165, 1.54) is 96.3 Å². The quantitative estimate of drug-likeness (QED) is 0.0460. The number of ether oxygens (including phenoxy) is 10. The van der Waals surface area contributed by atoms with Gasteiger partial charge in [-0.05, 0) is 6.42 Å². The van der Waals surface area contributed by atoms with E-state index < -0.39 is 0 Å². The highest BCUT2D eigenvalue weighted by Gasteiger charge is 1.98. The average Bonchev–Trinajstić information content (AvgIpc) is 3.11. The van der Waals surface area contributed by atoms with Crippen molar-refractivity contribution in [3.63, 3.8) is 0 Å². The van der Waals surface area contributed by atoms with Crippen LogP contribution < -0.4 is 0 Å². The van der Waals surface area contributed by atoms with Gasteiger partial charge in [0.25, 0.3) is 0 Å². The maximum absolute atomic E-state index is 5.69. The van der Waals surface area contributed by atoms with Crippen molar-refractivity contribution in [1.29, 1.82) is 0 Å². The summed E-state index contributed by atoms with van der Waals surface area (Å²) >= 11 is 5.52. The molecule has 0 atom stereocenters. The Morgan fingerprint density at radius 3 is 0.633 bits per heavy atom. The molecule has 0 rings (SSSR count). The Hall–Kier alpha value is -0.110. The third-order valence-electron chi connectivity index (χ3n) is 7.71. The van der Waals surface area contributed by atoms with Gasteiger partial charge in [0.15, 0.2) is 0 Å². The molecule has 10 nitrogen and oxygen atoms in total. The molecule has 0 aliphatic heterocycles. The van der Waals surface area contributed by atoms with E-state index in [0.29, 0.717) is 131 Å². The van der Waals surface area contributed by atoms with E-state index in [-0.39, 0.29) is 0 Å². The second-order valence-corrected chi connectivity index (χ2v) is 12.5. The molecular weight excluding hydrogens is 652 g/mol. The van der Waals surface area contributed by atoms with Gasteiger partial charge < -0.3 is 47.4 Å². The zero-order valence-corrected chi connectivity index (χ0v) is 32.4. The minimum atomic E-state index is 0.503. The van der Waals surface area contributed by atoms with Crippen LogP contribution in [-0.2, 0) is 47.4 Å². The van der Waals surface area contributed by atoms with Crippen LogP contribution in [0.25, 0.3) is 0 Å². The van der Waals surface area contributed by atoms with E-state index in [0.717, 1.165) is 13.0 Å². The van der Waals surface area contributed by atoms with Gasteiger partial charge in [0.05, 0.1) is 126 Å². The molecule has 0 aliphatic rings. The number of rotatable bonds is 46. The molecule has 49 heavy (non-hydrogen) atoms. The van der Waals surface area contributed by atoms with Crippen LogP contribution in [0.15, 0.2) is 0 Å². The van der Waals surface area contributed by atoms with Gasteiger partial charge in [-0.3, -0.25) is 0 Å². The molecule has 0 aromatic heterocycles. The summed E-state index contributed by atoms with van der Waals surface area (Å²) in [6.45, 7) is 13.6. The Morgan fingerprint density at radius 2 is 0.408 bits per heavy atom. The molecule has 0 unspecified atom stereocenters. The Labute approximate surface area is 306 Å². The molecule has 0 saturated carbocycles. The van der Waals surface area contributed by atoms with Crippen molar-refractivity contribution in [3.8, 4) is 0 Å². The molecule has 0 aromatic carbocycles. The second-order valence-electron chi connectivity index (χ2n) is 12.1. The van der Waals surface area contributed by atoms with Crippen molar-refractivity contribution in [3.05, 3.63) is 0 Å². The fourth-order valence-electron chi connectivity index (χ4n) is 4.89. The lowest BCUT2D eigenvalue weighted by Crippen LogP contribution is -2.15. The summed E-state index contributed by atoms with van der Waals surface area (Å²) in [5, 5.41) is 0. The first-order valence-electron chi connectivity index (χ1n) is 19.7. The summed E-state index contributed by atoms with van der Waals surface area (Å²) in [6.07, 6.45) is 22.2. The molecule has 0 aromatic rings.